The quantitative estimate of drug-likeness (QED) is 0.820. The highest BCUT2D eigenvalue weighted by atomic mass is 32.2. The van der Waals surface area contributed by atoms with Crippen molar-refractivity contribution in [1.82, 2.24) is 4.72 Å². The van der Waals surface area contributed by atoms with Crippen LogP contribution < -0.4 is 10.5 Å². The van der Waals surface area contributed by atoms with Crippen molar-refractivity contribution in [2.24, 2.45) is 11.7 Å². The normalized spacial score (nSPS) is 16.2. The zero-order chi connectivity index (χ0) is 13.3. The van der Waals surface area contributed by atoms with Crippen LogP contribution in [0.4, 0.5) is 0 Å². The summed E-state index contributed by atoms with van der Waals surface area (Å²) in [5.74, 6) is 1.69. The number of sulfonamides is 1. The summed E-state index contributed by atoms with van der Waals surface area (Å²) in [7, 11) is -3.50. The van der Waals surface area contributed by atoms with Crippen molar-refractivity contribution in [2.45, 2.75) is 44.6 Å². The highest BCUT2D eigenvalue weighted by Crippen LogP contribution is 2.32. The van der Waals surface area contributed by atoms with Crippen molar-refractivity contribution < 1.29 is 12.8 Å². The first kappa shape index (κ1) is 13.6. The molecule has 1 heterocycles. The van der Waals surface area contributed by atoms with Crippen molar-refractivity contribution in [1.29, 1.82) is 0 Å². The van der Waals surface area contributed by atoms with Crippen LogP contribution in [0.5, 0.6) is 0 Å². The maximum Gasteiger partial charge on any atom is 0.244 e. The molecule has 1 aromatic rings. The fourth-order valence-electron chi connectivity index (χ4n) is 2.17. The molecule has 3 N–H and O–H groups in total. The second-order valence-corrected chi connectivity index (χ2v) is 6.56. The van der Waals surface area contributed by atoms with Crippen LogP contribution >= 0.6 is 0 Å². The van der Waals surface area contributed by atoms with Crippen LogP contribution in [0.2, 0.25) is 0 Å². The Labute approximate surface area is 108 Å². The smallest absolute Gasteiger partial charge is 0.244 e. The molecular weight excluding hydrogens is 252 g/mol. The molecule has 0 amide bonds. The lowest BCUT2D eigenvalue weighted by Gasteiger charge is -2.07. The first-order chi connectivity index (χ1) is 8.45. The molecule has 1 fully saturated rings. The van der Waals surface area contributed by atoms with Crippen LogP contribution in [-0.4, -0.2) is 15.0 Å². The van der Waals surface area contributed by atoms with Gasteiger partial charge in [0.1, 0.15) is 16.4 Å². The van der Waals surface area contributed by atoms with Crippen LogP contribution in [0, 0.1) is 19.8 Å². The summed E-state index contributed by atoms with van der Waals surface area (Å²) in [5, 5.41) is 0. The van der Waals surface area contributed by atoms with Crippen molar-refractivity contribution in [3.05, 3.63) is 17.1 Å². The second kappa shape index (κ2) is 5.03. The average Bonchev–Trinajstić information content (AvgIpc) is 3.03. The van der Waals surface area contributed by atoms with Crippen LogP contribution in [0.3, 0.4) is 0 Å². The molecule has 0 bridgehead atoms. The molecule has 1 aliphatic rings. The summed E-state index contributed by atoms with van der Waals surface area (Å²) in [5.41, 5.74) is 6.17. The molecule has 2 rings (SSSR count). The largest absolute Gasteiger partial charge is 0.465 e. The molecule has 1 aromatic heterocycles. The standard InChI is InChI=1S/C12H20N2O3S/c1-8-11(7-13)12(9(2)17-8)18(15,16)14-6-5-10-3-4-10/h10,14H,3-7,13H2,1-2H3. The Bertz CT molecular complexity index is 530. The Kier molecular flexibility index (Phi) is 3.79. The third kappa shape index (κ3) is 2.76. The van der Waals surface area contributed by atoms with Crippen LogP contribution in [0.15, 0.2) is 9.31 Å². The van der Waals surface area contributed by atoms with Crippen molar-refractivity contribution >= 4 is 10.0 Å². The van der Waals surface area contributed by atoms with E-state index in [0.717, 1.165) is 6.42 Å². The topological polar surface area (TPSA) is 85.3 Å². The predicted molar refractivity (Wildman–Crippen MR) is 68.6 cm³/mol. The monoisotopic (exact) mass is 272 g/mol. The summed E-state index contributed by atoms with van der Waals surface area (Å²) in [6.07, 6.45) is 3.35. The zero-order valence-electron chi connectivity index (χ0n) is 10.8. The molecule has 102 valence electrons. The molecule has 0 aromatic carbocycles. The number of hydrogen-bond acceptors (Lipinski definition) is 4. The Balaban J connectivity index is 2.17. The van der Waals surface area contributed by atoms with Crippen LogP contribution in [0.25, 0.3) is 0 Å². The fourth-order valence-corrected chi connectivity index (χ4v) is 3.68. The lowest BCUT2D eigenvalue weighted by molar-refractivity contribution is 0.494. The van der Waals surface area contributed by atoms with Gasteiger partial charge in [0.2, 0.25) is 10.0 Å². The minimum absolute atomic E-state index is 0.169. The Morgan fingerprint density at radius 2 is 2.00 bits per heavy atom. The van der Waals surface area contributed by atoms with Gasteiger partial charge < -0.3 is 10.2 Å². The van der Waals surface area contributed by atoms with Crippen molar-refractivity contribution in [3.63, 3.8) is 0 Å². The first-order valence-electron chi connectivity index (χ1n) is 6.24. The van der Waals surface area contributed by atoms with E-state index in [1.807, 2.05) is 0 Å². The Morgan fingerprint density at radius 1 is 1.33 bits per heavy atom. The van der Waals surface area contributed by atoms with E-state index in [0.29, 0.717) is 29.5 Å². The number of hydrogen-bond donors (Lipinski definition) is 2. The Morgan fingerprint density at radius 3 is 2.56 bits per heavy atom. The molecule has 0 saturated heterocycles. The fraction of sp³-hybridized carbons (Fsp3) is 0.667. The number of nitrogens with one attached hydrogen (secondary N) is 1. The van der Waals surface area contributed by atoms with Gasteiger partial charge in [0.05, 0.1) is 0 Å². The molecule has 5 nitrogen and oxygen atoms in total. The minimum Gasteiger partial charge on any atom is -0.465 e. The Hall–Kier alpha value is -0.850. The third-order valence-corrected chi connectivity index (χ3v) is 4.99. The molecule has 6 heteroatoms. The minimum atomic E-state index is -3.50. The van der Waals surface area contributed by atoms with E-state index in [4.69, 9.17) is 10.2 Å². The van der Waals surface area contributed by atoms with E-state index in [-0.39, 0.29) is 11.4 Å². The van der Waals surface area contributed by atoms with Gasteiger partial charge in [0.25, 0.3) is 0 Å². The van der Waals surface area contributed by atoms with E-state index in [1.54, 1.807) is 13.8 Å². The molecule has 18 heavy (non-hydrogen) atoms. The lowest BCUT2D eigenvalue weighted by atomic mass is 10.2. The summed E-state index contributed by atoms with van der Waals surface area (Å²) < 4.78 is 32.4. The highest BCUT2D eigenvalue weighted by molar-refractivity contribution is 7.89. The van der Waals surface area contributed by atoms with Gasteiger partial charge in [-0.25, -0.2) is 13.1 Å². The van der Waals surface area contributed by atoms with E-state index in [2.05, 4.69) is 4.72 Å². The van der Waals surface area contributed by atoms with E-state index in [9.17, 15) is 8.42 Å². The van der Waals surface area contributed by atoms with Gasteiger partial charge in [0, 0.05) is 18.7 Å². The predicted octanol–water partition coefficient (Wildman–Crippen LogP) is 1.43. The van der Waals surface area contributed by atoms with Crippen LogP contribution in [-0.2, 0) is 16.6 Å². The molecule has 1 saturated carbocycles. The average molecular weight is 272 g/mol. The molecule has 0 spiro atoms. The first-order valence-corrected chi connectivity index (χ1v) is 7.72. The number of aryl methyl sites for hydroxylation is 2. The maximum absolute atomic E-state index is 12.2. The molecule has 0 radical (unpaired) electrons. The van der Waals surface area contributed by atoms with Gasteiger partial charge in [-0.1, -0.05) is 12.8 Å². The van der Waals surface area contributed by atoms with Gasteiger partial charge in [-0.15, -0.1) is 0 Å². The SMILES string of the molecule is Cc1oc(C)c(S(=O)(=O)NCCC2CC2)c1CN. The van der Waals surface area contributed by atoms with Gasteiger partial charge in [-0.3, -0.25) is 0 Å². The molecular formula is C12H20N2O3S. The van der Waals surface area contributed by atoms with Gasteiger partial charge >= 0.3 is 0 Å². The zero-order valence-corrected chi connectivity index (χ0v) is 11.6. The van der Waals surface area contributed by atoms with Gasteiger partial charge in [-0.2, -0.15) is 0 Å². The summed E-state index contributed by atoms with van der Waals surface area (Å²) in [4.78, 5) is 0.221. The molecule has 1 aliphatic carbocycles. The maximum atomic E-state index is 12.2. The van der Waals surface area contributed by atoms with Gasteiger partial charge in [0.15, 0.2) is 0 Å². The van der Waals surface area contributed by atoms with Gasteiger partial charge in [-0.05, 0) is 26.2 Å². The van der Waals surface area contributed by atoms with Crippen LogP contribution in [0.1, 0.15) is 36.3 Å². The summed E-state index contributed by atoms with van der Waals surface area (Å²) >= 11 is 0. The van der Waals surface area contributed by atoms with E-state index >= 15 is 0 Å². The number of rotatable bonds is 6. The van der Waals surface area contributed by atoms with Crippen molar-refractivity contribution in [2.75, 3.05) is 6.54 Å². The third-order valence-electron chi connectivity index (χ3n) is 3.34. The highest BCUT2D eigenvalue weighted by Gasteiger charge is 2.27. The van der Waals surface area contributed by atoms with Crippen molar-refractivity contribution in [3.8, 4) is 0 Å². The summed E-state index contributed by atoms with van der Waals surface area (Å²) in [6, 6.07) is 0. The number of furan rings is 1. The number of nitrogens with two attached hydrogens (primary N) is 1. The molecule has 0 aliphatic heterocycles. The summed E-state index contributed by atoms with van der Waals surface area (Å²) in [6.45, 7) is 4.04. The van der Waals surface area contributed by atoms with E-state index in [1.165, 1.54) is 12.8 Å². The molecule has 0 unspecified atom stereocenters. The second-order valence-electron chi connectivity index (χ2n) is 4.86. The lowest BCUT2D eigenvalue weighted by Crippen LogP contribution is -2.26. The molecule has 0 atom stereocenters. The van der Waals surface area contributed by atoms with E-state index < -0.39 is 10.0 Å².